The first-order valence-electron chi connectivity index (χ1n) is 7.95. The molecule has 2 fully saturated rings. The van der Waals surface area contributed by atoms with E-state index in [9.17, 15) is 4.79 Å². The summed E-state index contributed by atoms with van der Waals surface area (Å²) in [7, 11) is 0. The second-order valence-corrected chi connectivity index (χ2v) is 6.16. The maximum atomic E-state index is 12.3. The first-order valence-corrected chi connectivity index (χ1v) is 7.95. The van der Waals surface area contributed by atoms with Gasteiger partial charge in [-0.15, -0.1) is 0 Å². The van der Waals surface area contributed by atoms with Gasteiger partial charge in [0.25, 0.3) is 0 Å². The van der Waals surface area contributed by atoms with Crippen LogP contribution in [0.4, 0.5) is 0 Å². The molecule has 21 heavy (non-hydrogen) atoms. The van der Waals surface area contributed by atoms with Gasteiger partial charge in [-0.05, 0) is 25.7 Å². The first kappa shape index (κ1) is 14.3. The van der Waals surface area contributed by atoms with E-state index >= 15 is 0 Å². The number of aryl methyl sites for hydroxylation is 1. The average Bonchev–Trinajstić information content (AvgIpc) is 3.10. The summed E-state index contributed by atoms with van der Waals surface area (Å²) < 4.78 is 5.86. The summed E-state index contributed by atoms with van der Waals surface area (Å²) in [6.07, 6.45) is 8.40. The molecule has 1 atom stereocenters. The number of amides is 1. The molecule has 0 aromatic carbocycles. The molecule has 1 saturated carbocycles. The first-order chi connectivity index (χ1) is 10.2. The van der Waals surface area contributed by atoms with Gasteiger partial charge >= 0.3 is 0 Å². The minimum atomic E-state index is 0.0619. The Morgan fingerprint density at radius 2 is 2.19 bits per heavy atom. The highest BCUT2D eigenvalue weighted by Gasteiger charge is 2.29. The molecular formula is C16H23N3O2. The Balaban J connectivity index is 1.49. The van der Waals surface area contributed by atoms with Crippen molar-refractivity contribution in [1.29, 1.82) is 0 Å². The van der Waals surface area contributed by atoms with E-state index in [1.54, 1.807) is 12.3 Å². The lowest BCUT2D eigenvalue weighted by atomic mass is 10.0. The van der Waals surface area contributed by atoms with E-state index in [1.807, 2.05) is 11.8 Å². The van der Waals surface area contributed by atoms with Gasteiger partial charge in [0, 0.05) is 31.6 Å². The average molecular weight is 289 g/mol. The van der Waals surface area contributed by atoms with Crippen molar-refractivity contribution in [3.63, 3.8) is 0 Å². The third-order valence-electron chi connectivity index (χ3n) is 4.47. The largest absolute Gasteiger partial charge is 0.472 e. The summed E-state index contributed by atoms with van der Waals surface area (Å²) in [5.74, 6) is 2.23. The van der Waals surface area contributed by atoms with Gasteiger partial charge in [-0.1, -0.05) is 12.8 Å². The van der Waals surface area contributed by atoms with Gasteiger partial charge in [0.15, 0.2) is 0 Å². The fraction of sp³-hybridized carbons (Fsp3) is 0.688. The summed E-state index contributed by atoms with van der Waals surface area (Å²) in [6, 6.07) is 1.77. The Hall–Kier alpha value is -1.65. The van der Waals surface area contributed by atoms with Crippen molar-refractivity contribution in [2.45, 2.75) is 51.6 Å². The summed E-state index contributed by atoms with van der Waals surface area (Å²) in [6.45, 7) is 3.34. The number of aromatic nitrogens is 2. The maximum absolute atomic E-state index is 12.3. The second kappa shape index (κ2) is 6.41. The number of carbonyl (C=O) groups is 1. The molecule has 0 radical (unpaired) electrons. The topological polar surface area (TPSA) is 55.3 Å². The summed E-state index contributed by atoms with van der Waals surface area (Å²) in [5, 5.41) is 0. The van der Waals surface area contributed by atoms with Gasteiger partial charge in [0.05, 0.1) is 6.54 Å². The van der Waals surface area contributed by atoms with E-state index in [4.69, 9.17) is 4.74 Å². The number of likely N-dealkylation sites (tertiary alicyclic amines) is 1. The molecule has 114 valence electrons. The van der Waals surface area contributed by atoms with Crippen LogP contribution in [0.5, 0.6) is 5.88 Å². The highest BCUT2D eigenvalue weighted by atomic mass is 16.5. The fourth-order valence-corrected chi connectivity index (χ4v) is 3.31. The number of ether oxygens (including phenoxy) is 1. The Morgan fingerprint density at radius 1 is 1.38 bits per heavy atom. The van der Waals surface area contributed by atoms with Crippen molar-refractivity contribution < 1.29 is 9.53 Å². The standard InChI is InChI=1S/C16H23N3O2/c1-12-17-8-6-15(18-12)21-14-7-9-19(11-14)16(20)10-13-4-2-3-5-13/h6,8,13-14H,2-5,7,9-11H2,1H3/t14-/m1/s1. The zero-order valence-electron chi connectivity index (χ0n) is 12.6. The molecule has 1 saturated heterocycles. The van der Waals surface area contributed by atoms with Crippen LogP contribution in [0, 0.1) is 12.8 Å². The molecule has 5 heteroatoms. The van der Waals surface area contributed by atoms with Crippen LogP contribution < -0.4 is 4.74 Å². The summed E-state index contributed by atoms with van der Waals surface area (Å²) in [5.41, 5.74) is 0. The van der Waals surface area contributed by atoms with E-state index in [2.05, 4.69) is 9.97 Å². The Labute approximate surface area is 125 Å². The molecule has 1 aromatic heterocycles. The van der Waals surface area contributed by atoms with Crippen LogP contribution in [0.1, 0.15) is 44.3 Å². The van der Waals surface area contributed by atoms with Crippen molar-refractivity contribution in [1.82, 2.24) is 14.9 Å². The van der Waals surface area contributed by atoms with E-state index < -0.39 is 0 Å². The van der Waals surface area contributed by atoms with E-state index in [0.29, 0.717) is 30.1 Å². The molecule has 3 rings (SSSR count). The van der Waals surface area contributed by atoms with Crippen molar-refractivity contribution >= 4 is 5.91 Å². The van der Waals surface area contributed by atoms with Crippen LogP contribution in [0.15, 0.2) is 12.3 Å². The smallest absolute Gasteiger partial charge is 0.222 e. The molecule has 5 nitrogen and oxygen atoms in total. The third kappa shape index (κ3) is 3.71. The molecule has 1 aliphatic carbocycles. The predicted molar refractivity (Wildman–Crippen MR) is 79.0 cm³/mol. The van der Waals surface area contributed by atoms with Crippen LogP contribution in [0.3, 0.4) is 0 Å². The number of hydrogen-bond donors (Lipinski definition) is 0. The molecule has 0 N–H and O–H groups in total. The zero-order chi connectivity index (χ0) is 14.7. The minimum Gasteiger partial charge on any atom is -0.472 e. The third-order valence-corrected chi connectivity index (χ3v) is 4.47. The number of hydrogen-bond acceptors (Lipinski definition) is 4. The lowest BCUT2D eigenvalue weighted by molar-refractivity contribution is -0.131. The van der Waals surface area contributed by atoms with Gasteiger partial charge in [0.2, 0.25) is 11.8 Å². The highest BCUT2D eigenvalue weighted by Crippen LogP contribution is 2.28. The van der Waals surface area contributed by atoms with E-state index in [0.717, 1.165) is 19.4 Å². The quantitative estimate of drug-likeness (QED) is 0.853. The SMILES string of the molecule is Cc1nccc(O[C@@H]2CCN(C(=O)CC3CCCC3)C2)n1. The van der Waals surface area contributed by atoms with Crippen LogP contribution in [0.25, 0.3) is 0 Å². The van der Waals surface area contributed by atoms with E-state index in [1.165, 1.54) is 25.7 Å². The Morgan fingerprint density at radius 3 is 2.95 bits per heavy atom. The molecule has 0 unspecified atom stereocenters. The monoisotopic (exact) mass is 289 g/mol. The van der Waals surface area contributed by atoms with Crippen molar-refractivity contribution in [3.05, 3.63) is 18.1 Å². The van der Waals surface area contributed by atoms with Gasteiger partial charge < -0.3 is 9.64 Å². The Kier molecular flexibility index (Phi) is 4.36. The van der Waals surface area contributed by atoms with Crippen LogP contribution in [-0.2, 0) is 4.79 Å². The lowest BCUT2D eigenvalue weighted by Crippen LogP contribution is -2.32. The number of nitrogens with zero attached hydrogens (tertiary/aromatic N) is 3. The zero-order valence-corrected chi connectivity index (χ0v) is 12.6. The number of rotatable bonds is 4. The second-order valence-electron chi connectivity index (χ2n) is 6.16. The van der Waals surface area contributed by atoms with Gasteiger partial charge in [-0.25, -0.2) is 4.98 Å². The molecule has 1 aromatic rings. The predicted octanol–water partition coefficient (Wildman–Crippen LogP) is 2.35. The van der Waals surface area contributed by atoms with Crippen molar-refractivity contribution in [2.75, 3.05) is 13.1 Å². The van der Waals surface area contributed by atoms with Crippen LogP contribution in [-0.4, -0.2) is 40.0 Å². The molecule has 2 heterocycles. The van der Waals surface area contributed by atoms with Gasteiger partial charge in [-0.2, -0.15) is 4.98 Å². The summed E-state index contributed by atoms with van der Waals surface area (Å²) in [4.78, 5) is 22.6. The van der Waals surface area contributed by atoms with Crippen molar-refractivity contribution in [3.8, 4) is 5.88 Å². The maximum Gasteiger partial charge on any atom is 0.222 e. The van der Waals surface area contributed by atoms with Crippen molar-refractivity contribution in [2.24, 2.45) is 5.92 Å². The normalized spacial score (nSPS) is 22.7. The minimum absolute atomic E-state index is 0.0619. The van der Waals surface area contributed by atoms with Gasteiger partial charge in [-0.3, -0.25) is 4.79 Å². The lowest BCUT2D eigenvalue weighted by Gasteiger charge is -2.19. The molecule has 1 amide bonds. The van der Waals surface area contributed by atoms with Crippen LogP contribution >= 0.6 is 0 Å². The highest BCUT2D eigenvalue weighted by molar-refractivity contribution is 5.76. The molecular weight excluding hydrogens is 266 g/mol. The molecule has 0 bridgehead atoms. The van der Waals surface area contributed by atoms with E-state index in [-0.39, 0.29) is 6.10 Å². The fourth-order valence-electron chi connectivity index (χ4n) is 3.31. The van der Waals surface area contributed by atoms with Gasteiger partial charge in [0.1, 0.15) is 11.9 Å². The van der Waals surface area contributed by atoms with Crippen LogP contribution in [0.2, 0.25) is 0 Å². The molecule has 2 aliphatic rings. The summed E-state index contributed by atoms with van der Waals surface area (Å²) >= 11 is 0. The number of carbonyl (C=O) groups excluding carboxylic acids is 1. The Bertz CT molecular complexity index is 500. The molecule has 1 aliphatic heterocycles. The molecule has 0 spiro atoms.